The van der Waals surface area contributed by atoms with Gasteiger partial charge in [-0.25, -0.2) is 9.97 Å². The average molecular weight is 361 g/mol. The van der Waals surface area contributed by atoms with Crippen LogP contribution in [0.3, 0.4) is 0 Å². The Bertz CT molecular complexity index is 971. The molecule has 0 spiro atoms. The third-order valence-corrected chi connectivity index (χ3v) is 5.50. The van der Waals surface area contributed by atoms with Crippen molar-refractivity contribution in [3.8, 4) is 5.75 Å². The lowest BCUT2D eigenvalue weighted by molar-refractivity contribution is 0.0396. The highest BCUT2D eigenvalue weighted by molar-refractivity contribution is 5.84. The van der Waals surface area contributed by atoms with Gasteiger partial charge in [0.05, 0.1) is 13.7 Å². The van der Waals surface area contributed by atoms with Gasteiger partial charge in [-0.1, -0.05) is 18.2 Å². The van der Waals surface area contributed by atoms with E-state index >= 15 is 0 Å². The minimum atomic E-state index is 0.0459. The average Bonchev–Trinajstić information content (AvgIpc) is 3.59. The van der Waals surface area contributed by atoms with E-state index in [1.165, 1.54) is 34.9 Å². The predicted octanol–water partition coefficient (Wildman–Crippen LogP) is 4.09. The molecule has 1 saturated heterocycles. The molecule has 5 nitrogen and oxygen atoms in total. The van der Waals surface area contributed by atoms with Crippen molar-refractivity contribution in [1.29, 1.82) is 0 Å². The molecule has 138 valence electrons. The number of ether oxygens (including phenoxy) is 2. The van der Waals surface area contributed by atoms with Gasteiger partial charge in [-0.2, -0.15) is 0 Å². The summed E-state index contributed by atoms with van der Waals surface area (Å²) in [4.78, 5) is 11.3. The van der Waals surface area contributed by atoms with Crippen molar-refractivity contribution in [1.82, 2.24) is 9.97 Å². The lowest BCUT2D eigenvalue weighted by atomic mass is 10.0. The minimum absolute atomic E-state index is 0.0459. The molecule has 0 bridgehead atoms. The van der Waals surface area contributed by atoms with Gasteiger partial charge in [0.1, 0.15) is 24.0 Å². The normalized spacial score (nSPS) is 20.0. The van der Waals surface area contributed by atoms with Crippen molar-refractivity contribution < 1.29 is 9.47 Å². The largest absolute Gasteiger partial charge is 0.497 e. The van der Waals surface area contributed by atoms with E-state index in [2.05, 4.69) is 51.3 Å². The fourth-order valence-electron chi connectivity index (χ4n) is 3.77. The maximum atomic E-state index is 6.09. The van der Waals surface area contributed by atoms with Gasteiger partial charge in [0, 0.05) is 30.8 Å². The number of benzene rings is 2. The molecular formula is C22H23N3O2. The summed E-state index contributed by atoms with van der Waals surface area (Å²) in [6.07, 6.45) is 4.26. The van der Waals surface area contributed by atoms with Crippen LogP contribution >= 0.6 is 0 Å². The summed E-state index contributed by atoms with van der Waals surface area (Å²) < 4.78 is 11.4. The highest BCUT2D eigenvalue weighted by atomic mass is 16.5. The molecular weight excluding hydrogens is 338 g/mol. The molecule has 0 unspecified atom stereocenters. The van der Waals surface area contributed by atoms with Crippen molar-refractivity contribution in [2.24, 2.45) is 0 Å². The number of hydrogen-bond donors (Lipinski definition) is 0. The van der Waals surface area contributed by atoms with Gasteiger partial charge in [-0.05, 0) is 47.4 Å². The second-order valence-electron chi connectivity index (χ2n) is 7.35. The number of morpholine rings is 1. The molecule has 5 heteroatoms. The van der Waals surface area contributed by atoms with Crippen LogP contribution in [0.1, 0.15) is 36.1 Å². The first-order chi connectivity index (χ1) is 13.3. The molecule has 2 fully saturated rings. The summed E-state index contributed by atoms with van der Waals surface area (Å²) >= 11 is 0. The molecule has 5 rings (SSSR count). The SMILES string of the molecule is COc1ccc2cc([C@H]3CN(c4cc(C5CC5)ncn4)CCO3)ccc2c1. The van der Waals surface area contributed by atoms with Crippen LogP contribution in [0.25, 0.3) is 10.8 Å². The zero-order chi connectivity index (χ0) is 18.2. The molecule has 1 aliphatic carbocycles. The first kappa shape index (κ1) is 16.5. The minimum Gasteiger partial charge on any atom is -0.497 e. The topological polar surface area (TPSA) is 47.5 Å². The summed E-state index contributed by atoms with van der Waals surface area (Å²) in [6, 6.07) is 14.8. The molecule has 1 aromatic heterocycles. The smallest absolute Gasteiger partial charge is 0.132 e. The molecule has 2 heterocycles. The summed E-state index contributed by atoms with van der Waals surface area (Å²) in [5.41, 5.74) is 2.39. The Morgan fingerprint density at radius 1 is 1.04 bits per heavy atom. The lowest BCUT2D eigenvalue weighted by Crippen LogP contribution is -2.38. The van der Waals surface area contributed by atoms with Crippen molar-refractivity contribution in [3.05, 3.63) is 60.0 Å². The second-order valence-corrected chi connectivity index (χ2v) is 7.35. The van der Waals surface area contributed by atoms with Gasteiger partial charge in [-0.15, -0.1) is 0 Å². The molecule has 27 heavy (non-hydrogen) atoms. The van der Waals surface area contributed by atoms with Gasteiger partial charge < -0.3 is 14.4 Å². The van der Waals surface area contributed by atoms with Gasteiger partial charge in [0.15, 0.2) is 0 Å². The molecule has 0 N–H and O–H groups in total. The molecule has 0 radical (unpaired) electrons. The van der Waals surface area contributed by atoms with Crippen LogP contribution in [0.2, 0.25) is 0 Å². The molecule has 1 atom stereocenters. The predicted molar refractivity (Wildman–Crippen MR) is 105 cm³/mol. The third-order valence-electron chi connectivity index (χ3n) is 5.50. The maximum Gasteiger partial charge on any atom is 0.132 e. The molecule has 2 aliphatic rings. The van der Waals surface area contributed by atoms with E-state index in [-0.39, 0.29) is 6.10 Å². The number of nitrogens with zero attached hydrogens (tertiary/aromatic N) is 3. The number of rotatable bonds is 4. The zero-order valence-electron chi connectivity index (χ0n) is 15.5. The van der Waals surface area contributed by atoms with E-state index in [9.17, 15) is 0 Å². The number of methoxy groups -OCH3 is 1. The number of fused-ring (bicyclic) bond motifs is 1. The standard InChI is InChI=1S/C22H23N3O2/c1-26-19-7-6-16-10-18(5-4-17(16)11-19)21-13-25(8-9-27-21)22-12-20(15-2-3-15)23-14-24-22/h4-7,10-12,14-15,21H,2-3,8-9,13H2,1H3/t21-/m1/s1. The van der Waals surface area contributed by atoms with Gasteiger partial charge in [-0.3, -0.25) is 0 Å². The highest BCUT2D eigenvalue weighted by Gasteiger charge is 2.27. The fraction of sp³-hybridized carbons (Fsp3) is 0.364. The van der Waals surface area contributed by atoms with E-state index in [0.29, 0.717) is 12.5 Å². The van der Waals surface area contributed by atoms with Crippen LogP contribution in [-0.2, 0) is 4.74 Å². The van der Waals surface area contributed by atoms with Crippen molar-refractivity contribution >= 4 is 16.6 Å². The van der Waals surface area contributed by atoms with E-state index in [1.807, 2.05) is 6.07 Å². The quantitative estimate of drug-likeness (QED) is 0.700. The van der Waals surface area contributed by atoms with Crippen LogP contribution in [0, 0.1) is 0 Å². The van der Waals surface area contributed by atoms with Crippen LogP contribution < -0.4 is 9.64 Å². The molecule has 1 aliphatic heterocycles. The van der Waals surface area contributed by atoms with Crippen molar-refractivity contribution in [3.63, 3.8) is 0 Å². The van der Waals surface area contributed by atoms with Crippen molar-refractivity contribution in [2.75, 3.05) is 31.7 Å². The summed E-state index contributed by atoms with van der Waals surface area (Å²) in [6.45, 7) is 2.37. The highest BCUT2D eigenvalue weighted by Crippen LogP contribution is 2.39. The van der Waals surface area contributed by atoms with Crippen LogP contribution in [0.5, 0.6) is 5.75 Å². The second kappa shape index (κ2) is 6.82. The molecule has 1 saturated carbocycles. The first-order valence-corrected chi connectivity index (χ1v) is 9.56. The molecule has 2 aromatic carbocycles. The summed E-state index contributed by atoms with van der Waals surface area (Å²) in [5, 5.41) is 2.38. The van der Waals surface area contributed by atoms with Gasteiger partial charge >= 0.3 is 0 Å². The van der Waals surface area contributed by atoms with E-state index in [4.69, 9.17) is 9.47 Å². The van der Waals surface area contributed by atoms with Crippen LogP contribution in [0.15, 0.2) is 48.8 Å². The Kier molecular flexibility index (Phi) is 4.17. The van der Waals surface area contributed by atoms with E-state index in [1.54, 1.807) is 13.4 Å². The molecule has 0 amide bonds. The molecule has 3 aromatic rings. The van der Waals surface area contributed by atoms with E-state index in [0.717, 1.165) is 24.7 Å². The van der Waals surface area contributed by atoms with Crippen molar-refractivity contribution in [2.45, 2.75) is 24.9 Å². The Labute approximate surface area is 159 Å². The summed E-state index contributed by atoms with van der Waals surface area (Å²) in [5.74, 6) is 2.54. The van der Waals surface area contributed by atoms with Gasteiger partial charge in [0.2, 0.25) is 0 Å². The number of anilines is 1. The third kappa shape index (κ3) is 3.35. The van der Waals surface area contributed by atoms with E-state index < -0.39 is 0 Å². The first-order valence-electron chi connectivity index (χ1n) is 9.56. The lowest BCUT2D eigenvalue weighted by Gasteiger charge is -2.34. The van der Waals surface area contributed by atoms with Crippen LogP contribution in [0.4, 0.5) is 5.82 Å². The number of hydrogen-bond acceptors (Lipinski definition) is 5. The Morgan fingerprint density at radius 3 is 2.74 bits per heavy atom. The Morgan fingerprint density at radius 2 is 1.89 bits per heavy atom. The monoisotopic (exact) mass is 361 g/mol. The zero-order valence-corrected chi connectivity index (χ0v) is 15.5. The van der Waals surface area contributed by atoms with Crippen LogP contribution in [-0.4, -0.2) is 36.8 Å². The maximum absolute atomic E-state index is 6.09. The number of aromatic nitrogens is 2. The Hall–Kier alpha value is -2.66. The fourth-order valence-corrected chi connectivity index (χ4v) is 3.77. The Balaban J connectivity index is 1.39. The van der Waals surface area contributed by atoms with Gasteiger partial charge in [0.25, 0.3) is 0 Å². The summed E-state index contributed by atoms with van der Waals surface area (Å²) in [7, 11) is 1.70.